The minimum Gasteiger partial charge on any atom is -0.368 e. The van der Waals surface area contributed by atoms with Crippen LogP contribution in [0.25, 0.3) is 0 Å². The van der Waals surface area contributed by atoms with Gasteiger partial charge in [0.2, 0.25) is 5.91 Å². The van der Waals surface area contributed by atoms with Gasteiger partial charge in [0.1, 0.15) is 11.9 Å². The molecule has 0 bridgehead atoms. The molecular weight excluding hydrogens is 326 g/mol. The Labute approximate surface area is 104 Å². The number of anilines is 1. The Balaban J connectivity index is 2.27. The molecule has 1 unspecified atom stereocenters. The SMILES string of the molecule is NC(=O)C1CCN1c1ncc(Br)cc1Br. The lowest BCUT2D eigenvalue weighted by molar-refractivity contribution is -0.120. The molecule has 2 N–H and O–H groups in total. The maximum Gasteiger partial charge on any atom is 0.240 e. The third-order valence-corrected chi connectivity index (χ3v) is 3.43. The Morgan fingerprint density at radius 2 is 2.33 bits per heavy atom. The maximum atomic E-state index is 11.1. The summed E-state index contributed by atoms with van der Waals surface area (Å²) >= 11 is 6.74. The Kier molecular flexibility index (Phi) is 2.97. The van der Waals surface area contributed by atoms with Gasteiger partial charge in [-0.05, 0) is 44.3 Å². The van der Waals surface area contributed by atoms with E-state index in [4.69, 9.17) is 5.73 Å². The van der Waals surface area contributed by atoms with Gasteiger partial charge in [0, 0.05) is 17.2 Å². The monoisotopic (exact) mass is 333 g/mol. The van der Waals surface area contributed by atoms with Crippen LogP contribution in [-0.4, -0.2) is 23.5 Å². The van der Waals surface area contributed by atoms with Crippen molar-refractivity contribution < 1.29 is 4.79 Å². The Morgan fingerprint density at radius 1 is 1.60 bits per heavy atom. The van der Waals surface area contributed by atoms with E-state index in [9.17, 15) is 4.79 Å². The van der Waals surface area contributed by atoms with E-state index in [1.54, 1.807) is 6.20 Å². The summed E-state index contributed by atoms with van der Waals surface area (Å²) in [5, 5.41) is 0. The molecule has 1 fully saturated rings. The van der Waals surface area contributed by atoms with Gasteiger partial charge < -0.3 is 10.6 Å². The van der Waals surface area contributed by atoms with Gasteiger partial charge in [0.15, 0.2) is 0 Å². The molecule has 1 aliphatic heterocycles. The fourth-order valence-electron chi connectivity index (χ4n) is 1.56. The lowest BCUT2D eigenvalue weighted by Crippen LogP contribution is -2.55. The number of amides is 1. The summed E-state index contributed by atoms with van der Waals surface area (Å²) in [6.07, 6.45) is 2.51. The van der Waals surface area contributed by atoms with Gasteiger partial charge in [-0.2, -0.15) is 0 Å². The molecule has 4 nitrogen and oxygen atoms in total. The molecule has 0 aliphatic carbocycles. The maximum absolute atomic E-state index is 11.1. The molecule has 1 amide bonds. The highest BCUT2D eigenvalue weighted by atomic mass is 79.9. The minimum atomic E-state index is -0.294. The lowest BCUT2D eigenvalue weighted by Gasteiger charge is -2.40. The van der Waals surface area contributed by atoms with E-state index in [1.807, 2.05) is 11.0 Å². The quantitative estimate of drug-likeness (QED) is 0.895. The molecule has 80 valence electrons. The molecule has 15 heavy (non-hydrogen) atoms. The molecule has 2 rings (SSSR count). The summed E-state index contributed by atoms with van der Waals surface area (Å²) in [4.78, 5) is 17.2. The molecule has 0 aromatic carbocycles. The number of primary amides is 1. The van der Waals surface area contributed by atoms with Crippen molar-refractivity contribution in [2.75, 3.05) is 11.4 Å². The van der Waals surface area contributed by atoms with E-state index in [1.165, 1.54) is 0 Å². The number of nitrogens with zero attached hydrogens (tertiary/aromatic N) is 2. The van der Waals surface area contributed by atoms with Gasteiger partial charge in [-0.1, -0.05) is 0 Å². The molecule has 1 saturated heterocycles. The van der Waals surface area contributed by atoms with Crippen molar-refractivity contribution in [3.63, 3.8) is 0 Å². The number of aromatic nitrogens is 1. The Hall–Kier alpha value is -0.620. The van der Waals surface area contributed by atoms with Gasteiger partial charge in [0.05, 0.1) is 4.47 Å². The molecule has 1 aromatic heterocycles. The summed E-state index contributed by atoms with van der Waals surface area (Å²) in [6, 6.07) is 1.69. The zero-order chi connectivity index (χ0) is 11.0. The van der Waals surface area contributed by atoms with E-state index in [-0.39, 0.29) is 11.9 Å². The van der Waals surface area contributed by atoms with Crippen molar-refractivity contribution in [3.05, 3.63) is 21.2 Å². The first kappa shape index (κ1) is 10.9. The second-order valence-electron chi connectivity index (χ2n) is 3.36. The van der Waals surface area contributed by atoms with Crippen LogP contribution in [0.4, 0.5) is 5.82 Å². The van der Waals surface area contributed by atoms with E-state index < -0.39 is 0 Å². The second-order valence-corrected chi connectivity index (χ2v) is 5.13. The highest BCUT2D eigenvalue weighted by molar-refractivity contribution is 9.11. The largest absolute Gasteiger partial charge is 0.368 e. The number of rotatable bonds is 2. The average molecular weight is 335 g/mol. The first-order chi connectivity index (χ1) is 7.09. The normalized spacial score (nSPS) is 19.9. The van der Waals surface area contributed by atoms with Crippen molar-refractivity contribution >= 4 is 43.6 Å². The third-order valence-electron chi connectivity index (χ3n) is 2.41. The van der Waals surface area contributed by atoms with E-state index in [0.717, 1.165) is 27.7 Å². The number of pyridine rings is 1. The van der Waals surface area contributed by atoms with Crippen molar-refractivity contribution in [2.24, 2.45) is 5.73 Å². The van der Waals surface area contributed by atoms with Crippen molar-refractivity contribution in [3.8, 4) is 0 Å². The number of carbonyl (C=O) groups excluding carboxylic acids is 1. The van der Waals surface area contributed by atoms with Gasteiger partial charge in [-0.3, -0.25) is 4.79 Å². The lowest BCUT2D eigenvalue weighted by atomic mass is 10.0. The van der Waals surface area contributed by atoms with E-state index in [2.05, 4.69) is 36.8 Å². The van der Waals surface area contributed by atoms with E-state index >= 15 is 0 Å². The highest BCUT2D eigenvalue weighted by Crippen LogP contribution is 2.32. The fourth-order valence-corrected chi connectivity index (χ4v) is 2.77. The Bertz CT molecular complexity index is 410. The first-order valence-corrected chi connectivity index (χ1v) is 6.05. The van der Waals surface area contributed by atoms with Crippen LogP contribution in [-0.2, 0) is 4.79 Å². The molecule has 1 aromatic rings. The summed E-state index contributed by atoms with van der Waals surface area (Å²) in [6.45, 7) is 0.820. The summed E-state index contributed by atoms with van der Waals surface area (Å²) < 4.78 is 1.76. The number of halogens is 2. The predicted molar refractivity (Wildman–Crippen MR) is 64.6 cm³/mol. The molecule has 0 spiro atoms. The predicted octanol–water partition coefficient (Wildman–Crippen LogP) is 1.67. The standard InChI is InChI=1S/C9H9Br2N3O/c10-5-3-6(11)9(13-4-5)14-2-1-7(14)8(12)15/h3-4,7H,1-2H2,(H2,12,15). The molecule has 0 radical (unpaired) electrons. The van der Waals surface area contributed by atoms with Gasteiger partial charge in [0.25, 0.3) is 0 Å². The highest BCUT2D eigenvalue weighted by Gasteiger charge is 2.34. The molecule has 2 heterocycles. The minimum absolute atomic E-state index is 0.213. The molecular formula is C9H9Br2N3O. The summed E-state index contributed by atoms with van der Waals surface area (Å²) in [5.41, 5.74) is 5.27. The zero-order valence-electron chi connectivity index (χ0n) is 7.78. The van der Waals surface area contributed by atoms with Crippen molar-refractivity contribution in [1.29, 1.82) is 0 Å². The number of carbonyl (C=O) groups is 1. The molecule has 6 heteroatoms. The van der Waals surface area contributed by atoms with Crippen LogP contribution < -0.4 is 10.6 Å². The van der Waals surface area contributed by atoms with Crippen LogP contribution in [0.2, 0.25) is 0 Å². The average Bonchev–Trinajstić information content (AvgIpc) is 2.06. The summed E-state index contributed by atoms with van der Waals surface area (Å²) in [7, 11) is 0. The van der Waals surface area contributed by atoms with Crippen molar-refractivity contribution in [1.82, 2.24) is 4.98 Å². The third kappa shape index (κ3) is 2.01. The van der Waals surface area contributed by atoms with Crippen LogP contribution in [0.5, 0.6) is 0 Å². The van der Waals surface area contributed by atoms with Gasteiger partial charge in [-0.25, -0.2) is 4.98 Å². The fraction of sp³-hybridized carbons (Fsp3) is 0.333. The van der Waals surface area contributed by atoms with Crippen molar-refractivity contribution in [2.45, 2.75) is 12.5 Å². The van der Waals surface area contributed by atoms with Crippen LogP contribution in [0.3, 0.4) is 0 Å². The van der Waals surface area contributed by atoms with Gasteiger partial charge in [-0.15, -0.1) is 0 Å². The second kappa shape index (κ2) is 4.09. The molecule has 0 saturated carbocycles. The van der Waals surface area contributed by atoms with Gasteiger partial charge >= 0.3 is 0 Å². The Morgan fingerprint density at radius 3 is 2.80 bits per heavy atom. The first-order valence-electron chi connectivity index (χ1n) is 4.46. The van der Waals surface area contributed by atoms with Crippen LogP contribution in [0.15, 0.2) is 21.2 Å². The van der Waals surface area contributed by atoms with E-state index in [0.29, 0.717) is 0 Å². The zero-order valence-corrected chi connectivity index (χ0v) is 11.0. The van der Waals surface area contributed by atoms with Crippen LogP contribution in [0, 0.1) is 0 Å². The molecule has 1 atom stereocenters. The smallest absolute Gasteiger partial charge is 0.240 e. The summed E-state index contributed by atoms with van der Waals surface area (Å²) in [5.74, 6) is 0.478. The number of nitrogens with two attached hydrogens (primary N) is 1. The topological polar surface area (TPSA) is 59.2 Å². The van der Waals surface area contributed by atoms with Crippen LogP contribution in [0.1, 0.15) is 6.42 Å². The van der Waals surface area contributed by atoms with Crippen LogP contribution >= 0.6 is 31.9 Å². The number of hydrogen-bond acceptors (Lipinski definition) is 3. The number of hydrogen-bond donors (Lipinski definition) is 1. The molecule has 1 aliphatic rings.